The predicted octanol–water partition coefficient (Wildman–Crippen LogP) is 1.12. The smallest absolute Gasteiger partial charge is 0.230 e. The average molecular weight is 464 g/mol. The van der Waals surface area contributed by atoms with Crippen molar-refractivity contribution in [2.24, 2.45) is 23.5 Å². The van der Waals surface area contributed by atoms with Gasteiger partial charge < -0.3 is 26.2 Å². The molecular formula is C25H24N2O7. The average Bonchev–Trinajstić information content (AvgIpc) is 2.77. The van der Waals surface area contributed by atoms with Crippen molar-refractivity contribution in [2.75, 3.05) is 0 Å². The molecule has 5 atom stereocenters. The maximum absolute atomic E-state index is 13.6. The van der Waals surface area contributed by atoms with Gasteiger partial charge in [-0.25, -0.2) is 0 Å². The molecular weight excluding hydrogens is 440 g/mol. The molecule has 1 heterocycles. The first-order valence-corrected chi connectivity index (χ1v) is 11.1. The van der Waals surface area contributed by atoms with E-state index in [0.29, 0.717) is 16.8 Å². The minimum absolute atomic E-state index is 0.0190. The van der Waals surface area contributed by atoms with Crippen LogP contribution in [0.2, 0.25) is 0 Å². The number of hydrogen-bond acceptors (Lipinski definition) is 8. The molecule has 1 aromatic carbocycles. The molecule has 0 saturated heterocycles. The highest BCUT2D eigenvalue weighted by Crippen LogP contribution is 2.52. The first kappa shape index (κ1) is 22.2. The highest BCUT2D eigenvalue weighted by Gasteiger charge is 2.62. The number of ketones is 2. The molecule has 0 spiro atoms. The fraction of sp³-hybridized carbons (Fsp3) is 0.360. The summed E-state index contributed by atoms with van der Waals surface area (Å²) >= 11 is 0. The van der Waals surface area contributed by atoms with Gasteiger partial charge in [0, 0.05) is 23.3 Å². The van der Waals surface area contributed by atoms with Gasteiger partial charge in [0.25, 0.3) is 0 Å². The molecule has 176 valence electrons. The number of phenolic OH excluding ortho intramolecular Hbond substituents is 1. The number of aliphatic hydroxyl groups excluding tert-OH is 2. The number of hydrogen-bond donors (Lipinski definition) is 5. The van der Waals surface area contributed by atoms with E-state index in [-0.39, 0.29) is 36.1 Å². The second kappa shape index (κ2) is 7.48. The van der Waals surface area contributed by atoms with Crippen molar-refractivity contribution in [1.82, 2.24) is 4.98 Å². The number of nitrogens with two attached hydrogens (primary N) is 1. The lowest BCUT2D eigenvalue weighted by Crippen LogP contribution is -2.63. The number of aromatic hydroxyl groups is 1. The molecule has 9 heteroatoms. The van der Waals surface area contributed by atoms with E-state index in [1.54, 1.807) is 12.3 Å². The van der Waals surface area contributed by atoms with E-state index >= 15 is 0 Å². The van der Waals surface area contributed by atoms with Crippen LogP contribution in [0.25, 0.3) is 11.3 Å². The molecule has 0 radical (unpaired) electrons. The topological polar surface area (TPSA) is 171 Å². The van der Waals surface area contributed by atoms with Gasteiger partial charge in [-0.15, -0.1) is 0 Å². The number of fused-ring (bicyclic) bond motifs is 3. The number of nitrogens with zero attached hydrogens (tertiary/aromatic N) is 1. The van der Waals surface area contributed by atoms with Crippen LogP contribution in [0.1, 0.15) is 34.3 Å². The number of benzene rings is 1. The lowest BCUT2D eigenvalue weighted by Gasteiger charge is -2.48. The zero-order valence-electron chi connectivity index (χ0n) is 18.4. The number of aliphatic hydroxyl groups is 3. The summed E-state index contributed by atoms with van der Waals surface area (Å²) in [6.45, 7) is 1.90. The van der Waals surface area contributed by atoms with Crippen molar-refractivity contribution >= 4 is 17.5 Å². The Morgan fingerprint density at radius 3 is 2.53 bits per heavy atom. The normalized spacial score (nSPS) is 30.4. The minimum atomic E-state index is -2.51. The van der Waals surface area contributed by atoms with Crippen molar-refractivity contribution in [3.8, 4) is 17.0 Å². The summed E-state index contributed by atoms with van der Waals surface area (Å²) in [5.41, 5.74) is 5.37. The second-order valence-corrected chi connectivity index (χ2v) is 9.45. The highest BCUT2D eigenvalue weighted by molar-refractivity contribution is 6.16. The molecule has 9 nitrogen and oxygen atoms in total. The number of primary amides is 1. The third-order valence-electron chi connectivity index (χ3n) is 7.46. The van der Waals surface area contributed by atoms with Gasteiger partial charge in [-0.05, 0) is 61.4 Å². The van der Waals surface area contributed by atoms with Gasteiger partial charge in [-0.2, -0.15) is 0 Å². The number of Topliss-reactive ketones (excluding diaryl/α,β-unsaturated/α-hetero) is 2. The van der Waals surface area contributed by atoms with E-state index in [1.165, 1.54) is 6.07 Å². The summed E-state index contributed by atoms with van der Waals surface area (Å²) in [6.07, 6.45) is 0.521. The zero-order valence-corrected chi connectivity index (χ0v) is 18.4. The molecule has 2 unspecified atom stereocenters. The number of rotatable bonds is 2. The summed E-state index contributed by atoms with van der Waals surface area (Å²) in [5, 5.41) is 43.3. The van der Waals surface area contributed by atoms with E-state index in [4.69, 9.17) is 5.73 Å². The van der Waals surface area contributed by atoms with E-state index in [0.717, 1.165) is 5.56 Å². The second-order valence-electron chi connectivity index (χ2n) is 9.45. The molecule has 1 fully saturated rings. The third kappa shape index (κ3) is 2.93. The minimum Gasteiger partial charge on any atom is -0.508 e. The Hall–Kier alpha value is -3.56. The molecule has 5 rings (SSSR count). The highest BCUT2D eigenvalue weighted by atomic mass is 16.3. The van der Waals surface area contributed by atoms with Gasteiger partial charge in [0.1, 0.15) is 17.4 Å². The zero-order chi connectivity index (χ0) is 24.5. The van der Waals surface area contributed by atoms with Crippen LogP contribution in [0.4, 0.5) is 0 Å². The maximum atomic E-state index is 13.6. The summed E-state index contributed by atoms with van der Waals surface area (Å²) in [7, 11) is 0. The van der Waals surface area contributed by atoms with Gasteiger partial charge in [0.15, 0.2) is 17.2 Å². The monoisotopic (exact) mass is 464 g/mol. The number of pyridine rings is 1. The van der Waals surface area contributed by atoms with E-state index in [9.17, 15) is 34.8 Å². The summed E-state index contributed by atoms with van der Waals surface area (Å²) in [4.78, 5) is 42.8. The number of aryl methyl sites for hydroxylation is 1. The Morgan fingerprint density at radius 1 is 1.15 bits per heavy atom. The fourth-order valence-corrected chi connectivity index (χ4v) is 5.79. The van der Waals surface area contributed by atoms with E-state index in [1.807, 2.05) is 19.1 Å². The first-order chi connectivity index (χ1) is 16.1. The van der Waals surface area contributed by atoms with Crippen LogP contribution < -0.4 is 5.73 Å². The molecule has 0 bridgehead atoms. The Kier molecular flexibility index (Phi) is 4.89. The standard InChI is InChI=1S/C25H24N2O7/c1-10-2-4-15(27-9-10)13-3-5-16(28)19-14(13)7-11-6-12-8-17(29)20(24(26)33)23(32)25(12,34)22(31)18(11)21(19)30/h2-5,9,11-12,17,20,28-29,31,34H,6-8H2,1H3,(H2,26,33)/t11-,12+,17?,20?,25+/m1/s1. The Labute approximate surface area is 194 Å². The molecule has 1 amide bonds. The fourth-order valence-electron chi connectivity index (χ4n) is 5.79. The molecule has 3 aliphatic rings. The van der Waals surface area contributed by atoms with Crippen LogP contribution in [0, 0.1) is 24.7 Å². The van der Waals surface area contributed by atoms with E-state index < -0.39 is 52.7 Å². The van der Waals surface area contributed by atoms with Crippen LogP contribution >= 0.6 is 0 Å². The maximum Gasteiger partial charge on any atom is 0.230 e. The molecule has 3 aliphatic carbocycles. The number of carbonyl (C=O) groups excluding carboxylic acids is 3. The Balaban J connectivity index is 1.67. The molecule has 0 aliphatic heterocycles. The Bertz CT molecular complexity index is 1280. The lowest BCUT2D eigenvalue weighted by atomic mass is 9.57. The Morgan fingerprint density at radius 2 is 1.88 bits per heavy atom. The summed E-state index contributed by atoms with van der Waals surface area (Å²) in [5.74, 6) is -7.22. The van der Waals surface area contributed by atoms with Gasteiger partial charge in [-0.1, -0.05) is 6.07 Å². The van der Waals surface area contributed by atoms with Crippen LogP contribution in [0.15, 0.2) is 41.8 Å². The van der Waals surface area contributed by atoms with Crippen LogP contribution in [-0.2, 0) is 16.0 Å². The largest absolute Gasteiger partial charge is 0.508 e. The number of aromatic nitrogens is 1. The van der Waals surface area contributed by atoms with Crippen LogP contribution in [0.3, 0.4) is 0 Å². The molecule has 1 saturated carbocycles. The number of allylic oxidation sites excluding steroid dienone is 1. The number of amides is 1. The third-order valence-corrected chi connectivity index (χ3v) is 7.46. The quantitative estimate of drug-likeness (QED) is 0.411. The molecule has 6 N–H and O–H groups in total. The van der Waals surface area contributed by atoms with Crippen LogP contribution in [-0.4, -0.2) is 54.6 Å². The number of carbonyl (C=O) groups is 3. The summed E-state index contributed by atoms with van der Waals surface area (Å²) in [6, 6.07) is 6.75. The number of phenols is 1. The van der Waals surface area contributed by atoms with Gasteiger partial charge >= 0.3 is 0 Å². The van der Waals surface area contributed by atoms with E-state index in [2.05, 4.69) is 4.98 Å². The van der Waals surface area contributed by atoms with Crippen molar-refractivity contribution in [1.29, 1.82) is 0 Å². The molecule has 34 heavy (non-hydrogen) atoms. The van der Waals surface area contributed by atoms with Gasteiger partial charge in [0.05, 0.1) is 17.4 Å². The first-order valence-electron chi connectivity index (χ1n) is 11.1. The van der Waals surface area contributed by atoms with Crippen molar-refractivity contribution in [2.45, 2.75) is 37.9 Å². The van der Waals surface area contributed by atoms with Crippen LogP contribution in [0.5, 0.6) is 5.75 Å². The molecule has 2 aromatic rings. The van der Waals surface area contributed by atoms with Crippen molar-refractivity contribution < 1.29 is 34.8 Å². The SMILES string of the molecule is Cc1ccc(-c2ccc(O)c3c2C[C@H]2C[C@H]4CC(O)C(C(N)=O)C(=O)[C@@]4(O)C(O)=C2C3=O)nc1. The van der Waals surface area contributed by atoms with Gasteiger partial charge in [-0.3, -0.25) is 19.4 Å². The van der Waals surface area contributed by atoms with Crippen molar-refractivity contribution in [3.05, 3.63) is 58.5 Å². The predicted molar refractivity (Wildman–Crippen MR) is 119 cm³/mol. The van der Waals surface area contributed by atoms with Crippen molar-refractivity contribution in [3.63, 3.8) is 0 Å². The van der Waals surface area contributed by atoms with Gasteiger partial charge in [0.2, 0.25) is 5.91 Å². The summed E-state index contributed by atoms with van der Waals surface area (Å²) < 4.78 is 0. The molecule has 1 aromatic heterocycles. The lowest BCUT2D eigenvalue weighted by molar-refractivity contribution is -0.167.